The molecular weight excluding hydrogens is 294 g/mol. The van der Waals surface area contributed by atoms with Crippen molar-refractivity contribution in [1.82, 2.24) is 4.90 Å². The van der Waals surface area contributed by atoms with Crippen molar-refractivity contribution in [2.24, 2.45) is 23.2 Å². The summed E-state index contributed by atoms with van der Waals surface area (Å²) in [4.78, 5) is 40.1. The fourth-order valence-corrected chi connectivity index (χ4v) is 5.31. The van der Waals surface area contributed by atoms with Crippen LogP contribution in [-0.2, 0) is 19.1 Å². The van der Waals surface area contributed by atoms with Crippen LogP contribution in [0, 0.1) is 23.2 Å². The number of amides is 2. The maximum Gasteiger partial charge on any atom is 0.316 e. The van der Waals surface area contributed by atoms with Gasteiger partial charge in [0, 0.05) is 6.04 Å². The number of hydrogen-bond donors (Lipinski definition) is 0. The standard InChI is InChI=1S/C18H23NO4/c1-23-17(22)18-9-7-11(8-10-18)13-14(18)16(21)19(15(13)20)12-5-3-2-4-6-12/h7,9,11-14H,2-6,8,10H2,1H3/t11-,13-,14-,18+/m1/s1. The Kier molecular flexibility index (Phi) is 3.36. The van der Waals surface area contributed by atoms with E-state index in [0.717, 1.165) is 32.1 Å². The topological polar surface area (TPSA) is 63.7 Å². The van der Waals surface area contributed by atoms with E-state index in [1.54, 1.807) is 0 Å². The van der Waals surface area contributed by atoms with E-state index in [1.807, 2.05) is 12.2 Å². The van der Waals surface area contributed by atoms with E-state index in [0.29, 0.717) is 6.42 Å². The fraction of sp³-hybridized carbons (Fsp3) is 0.722. The first-order chi connectivity index (χ1) is 11.1. The van der Waals surface area contributed by atoms with Crippen LogP contribution in [0.15, 0.2) is 12.2 Å². The number of carbonyl (C=O) groups excluding carboxylic acids is 3. The molecule has 0 aromatic heterocycles. The monoisotopic (exact) mass is 317 g/mol. The van der Waals surface area contributed by atoms with E-state index in [-0.39, 0.29) is 35.7 Å². The maximum absolute atomic E-state index is 13.1. The van der Waals surface area contributed by atoms with Crippen LogP contribution in [0.5, 0.6) is 0 Å². The second-order valence-corrected chi connectivity index (χ2v) is 7.44. The Morgan fingerprint density at radius 1 is 1.17 bits per heavy atom. The molecule has 0 N–H and O–H groups in total. The number of carbonyl (C=O) groups is 3. The number of allylic oxidation sites excluding steroid dienone is 1. The van der Waals surface area contributed by atoms with Gasteiger partial charge in [-0.2, -0.15) is 0 Å². The molecule has 5 nitrogen and oxygen atoms in total. The lowest BCUT2D eigenvalue weighted by Crippen LogP contribution is -2.51. The Bertz CT molecular complexity index is 592. The number of nitrogens with zero attached hydrogens (tertiary/aromatic N) is 1. The molecule has 0 spiro atoms. The molecule has 0 aromatic rings. The third-order valence-electron chi connectivity index (χ3n) is 6.44. The second kappa shape index (κ2) is 5.18. The van der Waals surface area contributed by atoms with Gasteiger partial charge in [-0.05, 0) is 31.6 Å². The van der Waals surface area contributed by atoms with Gasteiger partial charge >= 0.3 is 5.97 Å². The molecule has 0 unspecified atom stereocenters. The van der Waals surface area contributed by atoms with Gasteiger partial charge in [0.05, 0.1) is 24.4 Å². The molecule has 0 radical (unpaired) electrons. The summed E-state index contributed by atoms with van der Waals surface area (Å²) < 4.78 is 5.01. The van der Waals surface area contributed by atoms with Crippen LogP contribution in [0.4, 0.5) is 0 Å². The Morgan fingerprint density at radius 3 is 2.52 bits per heavy atom. The molecule has 4 atom stereocenters. The molecule has 1 aliphatic heterocycles. The molecule has 5 rings (SSSR count). The Balaban J connectivity index is 1.73. The minimum Gasteiger partial charge on any atom is -0.468 e. The minimum absolute atomic E-state index is 0.0310. The number of likely N-dealkylation sites (tertiary alicyclic amines) is 1. The van der Waals surface area contributed by atoms with Crippen LogP contribution < -0.4 is 0 Å². The van der Waals surface area contributed by atoms with Gasteiger partial charge in [0.15, 0.2) is 0 Å². The smallest absolute Gasteiger partial charge is 0.316 e. The van der Waals surface area contributed by atoms with E-state index in [4.69, 9.17) is 4.74 Å². The van der Waals surface area contributed by atoms with Gasteiger partial charge in [0.1, 0.15) is 0 Å². The SMILES string of the molecule is COC(=O)[C@@]12C=C[C@H](CC1)[C@H]1C(=O)N(C3CCCCC3)C(=O)[C@@H]12. The number of rotatable bonds is 2. The number of imide groups is 1. The highest BCUT2D eigenvalue weighted by Crippen LogP contribution is 2.57. The molecule has 4 aliphatic carbocycles. The van der Waals surface area contributed by atoms with Crippen molar-refractivity contribution in [3.8, 4) is 0 Å². The number of methoxy groups -OCH3 is 1. The summed E-state index contributed by atoms with van der Waals surface area (Å²) in [5, 5.41) is 0. The largest absolute Gasteiger partial charge is 0.468 e. The highest BCUT2D eigenvalue weighted by Gasteiger charge is 2.66. The van der Waals surface area contributed by atoms with Crippen LogP contribution in [0.3, 0.4) is 0 Å². The number of hydrogen-bond acceptors (Lipinski definition) is 4. The molecule has 2 saturated carbocycles. The zero-order chi connectivity index (χ0) is 16.2. The Hall–Kier alpha value is -1.65. The zero-order valence-electron chi connectivity index (χ0n) is 13.5. The van der Waals surface area contributed by atoms with Crippen molar-refractivity contribution in [1.29, 1.82) is 0 Å². The molecular formula is C18H23NO4. The number of ether oxygens (including phenoxy) is 1. The van der Waals surface area contributed by atoms with Gasteiger partial charge < -0.3 is 4.74 Å². The van der Waals surface area contributed by atoms with Crippen LogP contribution >= 0.6 is 0 Å². The van der Waals surface area contributed by atoms with Crippen LogP contribution in [-0.4, -0.2) is 35.8 Å². The first-order valence-electron chi connectivity index (χ1n) is 8.75. The molecule has 3 fully saturated rings. The highest BCUT2D eigenvalue weighted by atomic mass is 16.5. The second-order valence-electron chi connectivity index (χ2n) is 7.44. The van der Waals surface area contributed by atoms with Gasteiger partial charge in [0.2, 0.25) is 11.8 Å². The molecule has 0 aromatic carbocycles. The van der Waals surface area contributed by atoms with Gasteiger partial charge in [-0.3, -0.25) is 19.3 Å². The normalized spacial score (nSPS) is 39.7. The molecule has 5 heteroatoms. The third kappa shape index (κ3) is 1.88. The van der Waals surface area contributed by atoms with Crippen LogP contribution in [0.1, 0.15) is 44.9 Å². The molecule has 23 heavy (non-hydrogen) atoms. The van der Waals surface area contributed by atoms with Gasteiger partial charge in [-0.15, -0.1) is 0 Å². The fourth-order valence-electron chi connectivity index (χ4n) is 5.31. The van der Waals surface area contributed by atoms with Gasteiger partial charge in [-0.1, -0.05) is 31.4 Å². The van der Waals surface area contributed by atoms with E-state index in [9.17, 15) is 14.4 Å². The number of fused-ring (bicyclic) bond motifs is 1. The summed E-state index contributed by atoms with van der Waals surface area (Å²) in [6.07, 6.45) is 10.3. The summed E-state index contributed by atoms with van der Waals surface area (Å²) >= 11 is 0. The lowest BCUT2D eigenvalue weighted by atomic mass is 9.55. The first-order valence-corrected chi connectivity index (χ1v) is 8.75. The molecule has 124 valence electrons. The summed E-state index contributed by atoms with van der Waals surface area (Å²) in [5.74, 6) is -1.36. The summed E-state index contributed by atoms with van der Waals surface area (Å²) in [6, 6.07) is 0.0310. The van der Waals surface area contributed by atoms with Crippen molar-refractivity contribution in [2.45, 2.75) is 51.0 Å². The molecule has 2 amide bonds. The van der Waals surface area contributed by atoms with Crippen molar-refractivity contribution in [2.75, 3.05) is 7.11 Å². The average molecular weight is 317 g/mol. The van der Waals surface area contributed by atoms with E-state index in [2.05, 4.69) is 0 Å². The lowest BCUT2D eigenvalue weighted by molar-refractivity contribution is -0.161. The van der Waals surface area contributed by atoms with Crippen LogP contribution in [0.2, 0.25) is 0 Å². The Labute approximate surface area is 136 Å². The van der Waals surface area contributed by atoms with Crippen molar-refractivity contribution in [3.05, 3.63) is 12.2 Å². The predicted molar refractivity (Wildman–Crippen MR) is 82.0 cm³/mol. The van der Waals surface area contributed by atoms with Crippen LogP contribution in [0.25, 0.3) is 0 Å². The predicted octanol–water partition coefficient (Wildman–Crippen LogP) is 2.06. The van der Waals surface area contributed by atoms with E-state index >= 15 is 0 Å². The van der Waals surface area contributed by atoms with E-state index in [1.165, 1.54) is 18.4 Å². The van der Waals surface area contributed by atoms with Gasteiger partial charge in [0.25, 0.3) is 0 Å². The maximum atomic E-state index is 13.1. The van der Waals surface area contributed by atoms with Crippen molar-refractivity contribution >= 4 is 17.8 Å². The quantitative estimate of drug-likeness (QED) is 0.444. The highest BCUT2D eigenvalue weighted by molar-refractivity contribution is 6.09. The van der Waals surface area contributed by atoms with E-state index < -0.39 is 11.3 Å². The minimum atomic E-state index is -0.926. The molecule has 1 heterocycles. The van der Waals surface area contributed by atoms with Crippen molar-refractivity contribution in [3.63, 3.8) is 0 Å². The molecule has 2 bridgehead atoms. The third-order valence-corrected chi connectivity index (χ3v) is 6.44. The number of esters is 1. The van der Waals surface area contributed by atoms with Gasteiger partial charge in [-0.25, -0.2) is 0 Å². The lowest BCUT2D eigenvalue weighted by Gasteiger charge is -2.45. The average Bonchev–Trinajstić information content (AvgIpc) is 2.89. The first kappa shape index (κ1) is 14.9. The summed E-state index contributed by atoms with van der Waals surface area (Å²) in [5.41, 5.74) is -0.926. The summed E-state index contributed by atoms with van der Waals surface area (Å²) in [6.45, 7) is 0. The van der Waals surface area contributed by atoms with Crippen molar-refractivity contribution < 1.29 is 19.1 Å². The zero-order valence-corrected chi connectivity index (χ0v) is 13.5. The molecule has 1 saturated heterocycles. The Morgan fingerprint density at radius 2 is 1.91 bits per heavy atom. The molecule has 5 aliphatic rings. The summed E-state index contributed by atoms with van der Waals surface area (Å²) in [7, 11) is 1.36.